The van der Waals surface area contributed by atoms with Crippen LogP contribution in [0.2, 0.25) is 0 Å². The molecule has 0 spiro atoms. The zero-order valence-electron chi connectivity index (χ0n) is 17.0. The zero-order chi connectivity index (χ0) is 21.0. The molecule has 8 heteroatoms. The highest BCUT2D eigenvalue weighted by Gasteiger charge is 2.19. The van der Waals surface area contributed by atoms with Gasteiger partial charge in [0.05, 0.1) is 31.4 Å². The first-order valence-corrected chi connectivity index (χ1v) is 11.2. The van der Waals surface area contributed by atoms with Crippen LogP contribution >= 0.6 is 11.3 Å². The Kier molecular flexibility index (Phi) is 5.95. The van der Waals surface area contributed by atoms with Crippen molar-refractivity contribution in [3.05, 3.63) is 65.7 Å². The number of aromatic nitrogens is 2. The Morgan fingerprint density at radius 2 is 1.94 bits per heavy atom. The molecule has 0 amide bonds. The van der Waals surface area contributed by atoms with E-state index in [2.05, 4.69) is 27.7 Å². The SMILES string of the molecule is OC(CNc1nc(CN2CCOCC2)nc2scc(-c3ccccc3)c12)c1ccco1. The summed E-state index contributed by atoms with van der Waals surface area (Å²) in [4.78, 5) is 13.0. The summed E-state index contributed by atoms with van der Waals surface area (Å²) in [5.41, 5.74) is 2.21. The maximum atomic E-state index is 10.5. The lowest BCUT2D eigenvalue weighted by Crippen LogP contribution is -2.36. The fourth-order valence-electron chi connectivity index (χ4n) is 3.75. The van der Waals surface area contributed by atoms with Crippen molar-refractivity contribution in [2.24, 2.45) is 0 Å². The second-order valence-corrected chi connectivity index (χ2v) is 8.34. The summed E-state index contributed by atoms with van der Waals surface area (Å²) in [7, 11) is 0. The van der Waals surface area contributed by atoms with Gasteiger partial charge in [-0.1, -0.05) is 30.3 Å². The number of ether oxygens (including phenoxy) is 1. The maximum absolute atomic E-state index is 10.5. The van der Waals surface area contributed by atoms with E-state index in [1.165, 1.54) is 0 Å². The van der Waals surface area contributed by atoms with Crippen molar-refractivity contribution >= 4 is 27.4 Å². The first kappa shape index (κ1) is 20.1. The molecule has 4 heterocycles. The van der Waals surface area contributed by atoms with Crippen molar-refractivity contribution in [1.82, 2.24) is 14.9 Å². The molecule has 1 fully saturated rings. The van der Waals surface area contributed by atoms with Gasteiger partial charge in [-0.15, -0.1) is 11.3 Å². The van der Waals surface area contributed by atoms with Crippen molar-refractivity contribution in [2.75, 3.05) is 38.2 Å². The largest absolute Gasteiger partial charge is 0.467 e. The lowest BCUT2D eigenvalue weighted by molar-refractivity contribution is 0.0331. The van der Waals surface area contributed by atoms with Gasteiger partial charge >= 0.3 is 0 Å². The van der Waals surface area contributed by atoms with E-state index < -0.39 is 6.10 Å². The van der Waals surface area contributed by atoms with Gasteiger partial charge in [0.1, 0.15) is 28.3 Å². The van der Waals surface area contributed by atoms with Gasteiger partial charge in [0.15, 0.2) is 0 Å². The van der Waals surface area contributed by atoms with Gasteiger partial charge in [-0.3, -0.25) is 4.90 Å². The minimum Gasteiger partial charge on any atom is -0.467 e. The first-order chi connectivity index (χ1) is 15.3. The van der Waals surface area contributed by atoms with E-state index in [1.807, 2.05) is 18.2 Å². The number of rotatable bonds is 7. The van der Waals surface area contributed by atoms with Crippen molar-refractivity contribution in [3.63, 3.8) is 0 Å². The highest BCUT2D eigenvalue weighted by atomic mass is 32.1. The molecule has 2 N–H and O–H groups in total. The van der Waals surface area contributed by atoms with Crippen LogP contribution in [-0.2, 0) is 11.3 Å². The molecular formula is C23H24N4O3S. The Morgan fingerprint density at radius 1 is 1.10 bits per heavy atom. The Hall–Kier alpha value is -2.78. The van der Waals surface area contributed by atoms with Crippen molar-refractivity contribution in [3.8, 4) is 11.1 Å². The van der Waals surface area contributed by atoms with Crippen LogP contribution in [0, 0.1) is 0 Å². The quantitative estimate of drug-likeness (QED) is 0.454. The Bertz CT molecular complexity index is 1120. The molecule has 7 nitrogen and oxygen atoms in total. The second-order valence-electron chi connectivity index (χ2n) is 7.48. The molecule has 1 aliphatic heterocycles. The van der Waals surface area contributed by atoms with Crippen LogP contribution in [0.5, 0.6) is 0 Å². The van der Waals surface area contributed by atoms with E-state index in [9.17, 15) is 5.11 Å². The number of thiophene rings is 1. The molecule has 31 heavy (non-hydrogen) atoms. The van der Waals surface area contributed by atoms with Crippen molar-refractivity contribution in [1.29, 1.82) is 0 Å². The molecule has 0 radical (unpaired) electrons. The number of furan rings is 1. The zero-order valence-corrected chi connectivity index (χ0v) is 17.8. The molecule has 4 aromatic rings. The number of nitrogens with zero attached hydrogens (tertiary/aromatic N) is 3. The molecule has 0 saturated carbocycles. The molecule has 160 valence electrons. The van der Waals surface area contributed by atoms with Crippen molar-refractivity contribution < 1.29 is 14.3 Å². The van der Waals surface area contributed by atoms with Gasteiger partial charge in [0, 0.05) is 30.6 Å². The highest BCUT2D eigenvalue weighted by molar-refractivity contribution is 7.17. The number of nitrogens with one attached hydrogen (secondary N) is 1. The van der Waals surface area contributed by atoms with E-state index in [4.69, 9.17) is 19.1 Å². The average molecular weight is 437 g/mol. The van der Waals surface area contributed by atoms with Crippen LogP contribution in [0.1, 0.15) is 17.7 Å². The summed E-state index contributed by atoms with van der Waals surface area (Å²) in [5.74, 6) is 2.03. The molecule has 1 saturated heterocycles. The number of aliphatic hydroxyl groups excluding tert-OH is 1. The van der Waals surface area contributed by atoms with Gasteiger partial charge in [0.25, 0.3) is 0 Å². The van der Waals surface area contributed by atoms with Crippen LogP contribution < -0.4 is 5.32 Å². The van der Waals surface area contributed by atoms with Crippen LogP contribution in [0.25, 0.3) is 21.3 Å². The van der Waals surface area contributed by atoms with E-state index in [-0.39, 0.29) is 0 Å². The Labute approximate surface area is 184 Å². The van der Waals surface area contributed by atoms with Crippen molar-refractivity contribution in [2.45, 2.75) is 12.6 Å². The molecule has 1 atom stereocenters. The Morgan fingerprint density at radius 3 is 2.71 bits per heavy atom. The van der Waals surface area contributed by atoms with Gasteiger partial charge in [0.2, 0.25) is 0 Å². The molecule has 1 aromatic carbocycles. The van der Waals surface area contributed by atoms with E-state index in [1.54, 1.807) is 29.7 Å². The number of benzene rings is 1. The van der Waals surface area contributed by atoms with Gasteiger partial charge in [-0.05, 0) is 17.7 Å². The predicted molar refractivity (Wildman–Crippen MR) is 121 cm³/mol. The number of anilines is 1. The summed E-state index contributed by atoms with van der Waals surface area (Å²) in [6.07, 6.45) is 0.801. The molecule has 3 aromatic heterocycles. The summed E-state index contributed by atoms with van der Waals surface area (Å²) in [5, 5.41) is 16.9. The third-order valence-corrected chi connectivity index (χ3v) is 6.24. The fraction of sp³-hybridized carbons (Fsp3) is 0.304. The maximum Gasteiger partial charge on any atom is 0.146 e. The van der Waals surface area contributed by atoms with Gasteiger partial charge in [-0.2, -0.15) is 0 Å². The van der Waals surface area contributed by atoms with Crippen LogP contribution in [0.3, 0.4) is 0 Å². The predicted octanol–water partition coefficient (Wildman–Crippen LogP) is 3.93. The van der Waals surface area contributed by atoms with Crippen LogP contribution in [0.4, 0.5) is 5.82 Å². The summed E-state index contributed by atoms with van der Waals surface area (Å²) < 4.78 is 10.8. The highest BCUT2D eigenvalue weighted by Crippen LogP contribution is 2.37. The topological polar surface area (TPSA) is 83.7 Å². The lowest BCUT2D eigenvalue weighted by atomic mass is 10.1. The third-order valence-electron chi connectivity index (χ3n) is 5.37. The second kappa shape index (κ2) is 9.15. The number of morpholine rings is 1. The van der Waals surface area contributed by atoms with Crippen LogP contribution in [0.15, 0.2) is 58.5 Å². The summed E-state index contributed by atoms with van der Waals surface area (Å²) >= 11 is 1.62. The number of hydrogen-bond donors (Lipinski definition) is 2. The smallest absolute Gasteiger partial charge is 0.146 e. The van der Waals surface area contributed by atoms with Crippen LogP contribution in [-0.4, -0.2) is 52.8 Å². The molecule has 0 bridgehead atoms. The molecular weight excluding hydrogens is 412 g/mol. The van der Waals surface area contributed by atoms with E-state index in [0.29, 0.717) is 18.8 Å². The average Bonchev–Trinajstić information content (AvgIpc) is 3.49. The minimum absolute atomic E-state index is 0.292. The molecule has 5 rings (SSSR count). The number of hydrogen-bond acceptors (Lipinski definition) is 8. The third kappa shape index (κ3) is 4.47. The van der Waals surface area contributed by atoms with E-state index >= 15 is 0 Å². The molecule has 0 aliphatic carbocycles. The molecule has 1 unspecified atom stereocenters. The molecule has 1 aliphatic rings. The van der Waals surface area contributed by atoms with Gasteiger partial charge < -0.3 is 19.6 Å². The Balaban J connectivity index is 1.49. The fourth-order valence-corrected chi connectivity index (χ4v) is 4.71. The standard InChI is InChI=1S/C23H24N4O3S/c28-18(19-7-4-10-30-19)13-24-22-21-17(16-5-2-1-3-6-16)15-31-23(21)26-20(25-22)14-27-8-11-29-12-9-27/h1-7,10,15,18,28H,8-9,11-14H2,(H,24,25,26). The lowest BCUT2D eigenvalue weighted by Gasteiger charge is -2.26. The monoisotopic (exact) mass is 436 g/mol. The minimum atomic E-state index is -0.762. The number of fused-ring (bicyclic) bond motifs is 1. The normalized spacial score (nSPS) is 15.9. The summed E-state index contributed by atoms with van der Waals surface area (Å²) in [6.45, 7) is 4.19. The van der Waals surface area contributed by atoms with Gasteiger partial charge in [-0.25, -0.2) is 9.97 Å². The number of aliphatic hydroxyl groups is 1. The summed E-state index contributed by atoms with van der Waals surface area (Å²) in [6, 6.07) is 13.8. The van der Waals surface area contributed by atoms with E-state index in [0.717, 1.165) is 59.3 Å². The first-order valence-electron chi connectivity index (χ1n) is 10.4.